The molecule has 0 bridgehead atoms. The van der Waals surface area contributed by atoms with Gasteiger partial charge in [0.25, 0.3) is 0 Å². The van der Waals surface area contributed by atoms with Gasteiger partial charge in [0.05, 0.1) is 6.61 Å². The monoisotopic (exact) mass is 368 g/mol. The molecule has 6 nitrogen and oxygen atoms in total. The van der Waals surface area contributed by atoms with Gasteiger partial charge in [-0.25, -0.2) is 4.79 Å². The number of ether oxygens (including phenoxy) is 4. The lowest BCUT2D eigenvalue weighted by Gasteiger charge is -2.18. The molecule has 140 valence electrons. The highest BCUT2D eigenvalue weighted by Gasteiger charge is 2.15. The molecule has 0 fully saturated rings. The Morgan fingerprint density at radius 1 is 1.07 bits per heavy atom. The molecule has 0 amide bonds. The number of hydrogen-bond donors (Lipinski definition) is 0. The summed E-state index contributed by atoms with van der Waals surface area (Å²) in [5, 5.41) is 0. The van der Waals surface area contributed by atoms with Gasteiger partial charge in [-0.1, -0.05) is 18.2 Å². The third-order valence-corrected chi connectivity index (χ3v) is 3.83. The number of fused-ring (bicyclic) bond motifs is 1. The molecular weight excluding hydrogens is 348 g/mol. The van der Waals surface area contributed by atoms with Crippen molar-refractivity contribution in [2.45, 2.75) is 6.92 Å². The molecule has 0 saturated carbocycles. The van der Waals surface area contributed by atoms with Crippen molar-refractivity contribution in [2.24, 2.45) is 0 Å². The average Bonchev–Trinajstić information content (AvgIpc) is 2.71. The highest BCUT2D eigenvalue weighted by atomic mass is 16.6. The van der Waals surface area contributed by atoms with Crippen LogP contribution in [0.25, 0.3) is 6.08 Å². The van der Waals surface area contributed by atoms with E-state index in [1.54, 1.807) is 24.3 Å². The van der Waals surface area contributed by atoms with Crippen LogP contribution in [0.15, 0.2) is 48.5 Å². The minimum atomic E-state index is -0.604. The van der Waals surface area contributed by atoms with Gasteiger partial charge in [-0.05, 0) is 37.3 Å². The Balaban J connectivity index is 1.57. The molecule has 0 spiro atoms. The number of ketones is 1. The van der Waals surface area contributed by atoms with Gasteiger partial charge in [-0.15, -0.1) is 0 Å². The first-order chi connectivity index (χ1) is 13.2. The van der Waals surface area contributed by atoms with Crippen molar-refractivity contribution in [3.63, 3.8) is 0 Å². The third-order valence-electron chi connectivity index (χ3n) is 3.83. The van der Waals surface area contributed by atoms with Gasteiger partial charge >= 0.3 is 5.97 Å². The maximum Gasteiger partial charge on any atom is 0.331 e. The van der Waals surface area contributed by atoms with Crippen molar-refractivity contribution >= 4 is 17.8 Å². The van der Waals surface area contributed by atoms with Crippen molar-refractivity contribution in [3.05, 3.63) is 59.7 Å². The molecule has 2 aromatic carbocycles. The van der Waals surface area contributed by atoms with E-state index in [-0.39, 0.29) is 12.4 Å². The van der Waals surface area contributed by atoms with Crippen molar-refractivity contribution < 1.29 is 28.5 Å². The maximum atomic E-state index is 12.2. The SMILES string of the molecule is CCOc1ccccc1/C=C/C(=O)OCC(=O)c1ccc2c(c1)OCCO2. The zero-order valence-corrected chi connectivity index (χ0v) is 15.0. The number of para-hydroxylation sites is 1. The molecule has 6 heteroatoms. The zero-order valence-electron chi connectivity index (χ0n) is 15.0. The lowest BCUT2D eigenvalue weighted by Crippen LogP contribution is -2.17. The Morgan fingerprint density at radius 2 is 1.85 bits per heavy atom. The summed E-state index contributed by atoms with van der Waals surface area (Å²) in [6.45, 7) is 2.98. The van der Waals surface area contributed by atoms with E-state index in [1.807, 2.05) is 31.2 Å². The second-order valence-corrected chi connectivity index (χ2v) is 5.69. The van der Waals surface area contributed by atoms with Crippen molar-refractivity contribution in [1.82, 2.24) is 0 Å². The summed E-state index contributed by atoms with van der Waals surface area (Å²) >= 11 is 0. The molecular formula is C21H20O6. The summed E-state index contributed by atoms with van der Waals surface area (Å²) < 4.78 is 21.4. The first-order valence-corrected chi connectivity index (χ1v) is 8.67. The summed E-state index contributed by atoms with van der Waals surface area (Å²) in [5.74, 6) is 0.878. The van der Waals surface area contributed by atoms with E-state index in [1.165, 1.54) is 6.08 Å². The second kappa shape index (κ2) is 8.89. The van der Waals surface area contributed by atoms with E-state index >= 15 is 0 Å². The fourth-order valence-corrected chi connectivity index (χ4v) is 2.55. The van der Waals surface area contributed by atoms with Crippen LogP contribution in [0.5, 0.6) is 17.2 Å². The van der Waals surface area contributed by atoms with Gasteiger partial charge in [0.15, 0.2) is 23.9 Å². The Hall–Kier alpha value is -3.28. The summed E-state index contributed by atoms with van der Waals surface area (Å²) in [6, 6.07) is 12.2. The highest BCUT2D eigenvalue weighted by Crippen LogP contribution is 2.30. The summed E-state index contributed by atoms with van der Waals surface area (Å²) in [7, 11) is 0. The molecule has 2 aromatic rings. The van der Waals surface area contributed by atoms with Gasteiger partial charge in [-0.2, -0.15) is 0 Å². The van der Waals surface area contributed by atoms with E-state index in [4.69, 9.17) is 18.9 Å². The Bertz CT molecular complexity index is 856. The van der Waals surface area contributed by atoms with E-state index in [9.17, 15) is 9.59 Å². The maximum absolute atomic E-state index is 12.2. The molecule has 0 aromatic heterocycles. The Labute approximate surface area is 157 Å². The van der Waals surface area contributed by atoms with Crippen molar-refractivity contribution in [2.75, 3.05) is 26.4 Å². The van der Waals surface area contributed by atoms with Crippen LogP contribution < -0.4 is 14.2 Å². The lowest BCUT2D eigenvalue weighted by atomic mass is 10.1. The number of Topliss-reactive ketones (excluding diaryl/α,β-unsaturated/α-hetero) is 1. The number of carbonyl (C=O) groups excluding carboxylic acids is 2. The molecule has 0 unspecified atom stereocenters. The Kier molecular flexibility index (Phi) is 6.10. The van der Waals surface area contributed by atoms with E-state index in [0.717, 1.165) is 5.56 Å². The second-order valence-electron chi connectivity index (χ2n) is 5.69. The molecule has 27 heavy (non-hydrogen) atoms. The molecule has 3 rings (SSSR count). The van der Waals surface area contributed by atoms with Crippen molar-refractivity contribution in [1.29, 1.82) is 0 Å². The molecule has 0 atom stereocenters. The first-order valence-electron chi connectivity index (χ1n) is 8.67. The molecule has 1 heterocycles. The number of esters is 1. The van der Waals surface area contributed by atoms with Crippen LogP contribution in [-0.2, 0) is 9.53 Å². The smallest absolute Gasteiger partial charge is 0.331 e. The van der Waals surface area contributed by atoms with Crippen LogP contribution in [0.2, 0.25) is 0 Å². The summed E-state index contributed by atoms with van der Waals surface area (Å²) in [5.41, 5.74) is 1.16. The lowest BCUT2D eigenvalue weighted by molar-refractivity contribution is -0.136. The van der Waals surface area contributed by atoms with E-state index < -0.39 is 5.97 Å². The molecule has 1 aliphatic heterocycles. The van der Waals surface area contributed by atoms with Crippen LogP contribution in [0.3, 0.4) is 0 Å². The number of rotatable bonds is 7. The molecule has 0 saturated heterocycles. The normalized spacial score (nSPS) is 12.6. The fraction of sp³-hybridized carbons (Fsp3) is 0.238. The van der Waals surface area contributed by atoms with Gasteiger partial charge < -0.3 is 18.9 Å². The zero-order chi connectivity index (χ0) is 19.1. The topological polar surface area (TPSA) is 71.1 Å². The van der Waals surface area contributed by atoms with Crippen LogP contribution in [0, 0.1) is 0 Å². The summed E-state index contributed by atoms with van der Waals surface area (Å²) in [6.07, 6.45) is 2.87. The van der Waals surface area contributed by atoms with Crippen LogP contribution in [0.1, 0.15) is 22.8 Å². The van der Waals surface area contributed by atoms with Gasteiger partial charge in [-0.3, -0.25) is 4.79 Å². The number of carbonyl (C=O) groups is 2. The largest absolute Gasteiger partial charge is 0.493 e. The van der Waals surface area contributed by atoms with Crippen LogP contribution in [0.4, 0.5) is 0 Å². The van der Waals surface area contributed by atoms with Gasteiger partial charge in [0.2, 0.25) is 0 Å². The van der Waals surface area contributed by atoms with Crippen LogP contribution in [-0.4, -0.2) is 38.2 Å². The van der Waals surface area contributed by atoms with Gasteiger partial charge in [0.1, 0.15) is 19.0 Å². The molecule has 1 aliphatic rings. The predicted molar refractivity (Wildman–Crippen MR) is 99.4 cm³/mol. The van der Waals surface area contributed by atoms with E-state index in [0.29, 0.717) is 42.6 Å². The molecule has 0 aliphatic carbocycles. The highest BCUT2D eigenvalue weighted by molar-refractivity contribution is 5.99. The predicted octanol–water partition coefficient (Wildman–Crippen LogP) is 3.30. The number of hydrogen-bond acceptors (Lipinski definition) is 6. The Morgan fingerprint density at radius 3 is 2.67 bits per heavy atom. The van der Waals surface area contributed by atoms with E-state index in [2.05, 4.69) is 0 Å². The molecule has 0 N–H and O–H groups in total. The third kappa shape index (κ3) is 4.88. The van der Waals surface area contributed by atoms with Crippen molar-refractivity contribution in [3.8, 4) is 17.2 Å². The van der Waals surface area contributed by atoms with Gasteiger partial charge in [0, 0.05) is 17.2 Å². The average molecular weight is 368 g/mol. The minimum absolute atomic E-state index is 0.316. The van der Waals surface area contributed by atoms with Crippen LogP contribution >= 0.6 is 0 Å². The quantitative estimate of drug-likeness (QED) is 0.424. The summed E-state index contributed by atoms with van der Waals surface area (Å²) in [4.78, 5) is 24.1. The number of benzene rings is 2. The first kappa shape index (κ1) is 18.5. The molecule has 0 radical (unpaired) electrons. The standard InChI is InChI=1S/C21H20O6/c1-2-24-18-6-4-3-5-15(18)8-10-21(23)27-14-17(22)16-7-9-19-20(13-16)26-12-11-25-19/h3-10,13H,2,11-12,14H2,1H3/b10-8+. The fourth-order valence-electron chi connectivity index (χ4n) is 2.55. The minimum Gasteiger partial charge on any atom is -0.493 e.